The second-order valence-corrected chi connectivity index (χ2v) is 9.52. The molecule has 0 bridgehead atoms. The molecule has 1 aromatic heterocycles. The first kappa shape index (κ1) is 23.4. The number of anilines is 1. The van der Waals surface area contributed by atoms with E-state index in [1.807, 2.05) is 48.7 Å². The Morgan fingerprint density at radius 2 is 1.52 bits per heavy atom. The monoisotopic (exact) mass is 477 g/mol. The Morgan fingerprint density at radius 1 is 0.848 bits per heavy atom. The van der Waals surface area contributed by atoms with Gasteiger partial charge in [0, 0.05) is 52.2 Å². The molecule has 2 heterocycles. The lowest BCUT2D eigenvalue weighted by molar-refractivity contribution is 0.407. The third kappa shape index (κ3) is 5.61. The van der Waals surface area contributed by atoms with Crippen molar-refractivity contribution in [3.63, 3.8) is 0 Å². The van der Waals surface area contributed by atoms with Crippen molar-refractivity contribution in [1.82, 2.24) is 10.3 Å². The van der Waals surface area contributed by atoms with Crippen LogP contribution in [-0.4, -0.2) is 30.2 Å². The van der Waals surface area contributed by atoms with Crippen molar-refractivity contribution in [2.45, 2.75) is 35.7 Å². The first-order valence-corrected chi connectivity index (χ1v) is 11.9. The van der Waals surface area contributed by atoms with Crippen LogP contribution in [-0.2, 0) is 0 Å². The van der Waals surface area contributed by atoms with E-state index in [1.54, 1.807) is 11.8 Å². The summed E-state index contributed by atoms with van der Waals surface area (Å²) in [6, 6.07) is 27.8. The minimum absolute atomic E-state index is 0. The van der Waals surface area contributed by atoms with Gasteiger partial charge >= 0.3 is 0 Å². The summed E-state index contributed by atoms with van der Waals surface area (Å²) in [7, 11) is 0. The molecule has 4 aromatic rings. The molecular weight excluding hydrogens is 450 g/mol. The Balaban J connectivity index is 0.00000259. The van der Waals surface area contributed by atoms with E-state index in [0.29, 0.717) is 12.1 Å². The Labute approximate surface area is 205 Å². The van der Waals surface area contributed by atoms with Gasteiger partial charge in [-0.25, -0.2) is 0 Å². The fourth-order valence-corrected chi connectivity index (χ4v) is 5.17. The van der Waals surface area contributed by atoms with Crippen LogP contribution in [0.25, 0.3) is 10.9 Å². The van der Waals surface area contributed by atoms with Crippen LogP contribution in [0.4, 0.5) is 5.69 Å². The van der Waals surface area contributed by atoms with Gasteiger partial charge < -0.3 is 15.0 Å². The topological polar surface area (TPSA) is 37.4 Å². The van der Waals surface area contributed by atoms with E-state index in [2.05, 4.69) is 65.4 Å². The predicted octanol–water partition coefficient (Wildman–Crippen LogP) is 6.79. The maximum absolute atomic E-state index is 5.91. The van der Waals surface area contributed by atoms with Gasteiger partial charge in [-0.3, -0.25) is 4.98 Å². The molecule has 1 fully saturated rings. The molecule has 5 rings (SSSR count). The third-order valence-electron chi connectivity index (χ3n) is 5.63. The molecule has 0 radical (unpaired) electrons. The molecule has 1 N–H and O–H groups in total. The maximum atomic E-state index is 5.91. The van der Waals surface area contributed by atoms with Gasteiger partial charge in [0.15, 0.2) is 0 Å². The van der Waals surface area contributed by atoms with E-state index in [-0.39, 0.29) is 12.4 Å². The van der Waals surface area contributed by atoms with Gasteiger partial charge in [0.05, 0.1) is 5.52 Å². The summed E-state index contributed by atoms with van der Waals surface area (Å²) in [6.07, 6.45) is 1.92. The molecular formula is C27H28ClN3OS. The molecule has 6 heteroatoms. The van der Waals surface area contributed by atoms with Crippen LogP contribution in [0.2, 0.25) is 0 Å². The highest BCUT2D eigenvalue weighted by Crippen LogP contribution is 2.35. The van der Waals surface area contributed by atoms with E-state index in [9.17, 15) is 0 Å². The van der Waals surface area contributed by atoms with Gasteiger partial charge in [-0.1, -0.05) is 30.0 Å². The zero-order valence-electron chi connectivity index (χ0n) is 18.8. The number of ether oxygens (including phenoxy) is 1. The number of fused-ring (bicyclic) bond motifs is 1. The first-order chi connectivity index (χ1) is 15.6. The second kappa shape index (κ2) is 10.5. The molecule has 2 unspecified atom stereocenters. The smallest absolute Gasteiger partial charge is 0.127 e. The van der Waals surface area contributed by atoms with Crippen molar-refractivity contribution in [2.24, 2.45) is 0 Å². The van der Waals surface area contributed by atoms with Crippen LogP contribution < -0.4 is 15.0 Å². The number of aromatic nitrogens is 1. The van der Waals surface area contributed by atoms with Gasteiger partial charge in [0.25, 0.3) is 0 Å². The number of pyridine rings is 1. The van der Waals surface area contributed by atoms with E-state index in [0.717, 1.165) is 30.1 Å². The molecule has 0 spiro atoms. The fourth-order valence-electron chi connectivity index (χ4n) is 4.31. The zero-order chi connectivity index (χ0) is 21.9. The van der Waals surface area contributed by atoms with Crippen LogP contribution in [0.5, 0.6) is 11.5 Å². The number of benzene rings is 3. The highest BCUT2D eigenvalue weighted by atomic mass is 35.5. The van der Waals surface area contributed by atoms with Crippen LogP contribution in [0, 0.1) is 0 Å². The summed E-state index contributed by atoms with van der Waals surface area (Å²) >= 11 is 1.76. The average molecular weight is 478 g/mol. The largest absolute Gasteiger partial charge is 0.457 e. The molecule has 170 valence electrons. The van der Waals surface area contributed by atoms with Crippen LogP contribution >= 0.6 is 24.2 Å². The van der Waals surface area contributed by atoms with E-state index >= 15 is 0 Å². The Hall–Kier alpha value is -2.73. The summed E-state index contributed by atoms with van der Waals surface area (Å²) in [6.45, 7) is 6.50. The number of para-hydroxylation sites is 1. The van der Waals surface area contributed by atoms with E-state index < -0.39 is 0 Å². The Kier molecular flexibility index (Phi) is 7.43. The van der Waals surface area contributed by atoms with Crippen molar-refractivity contribution in [2.75, 3.05) is 18.0 Å². The van der Waals surface area contributed by atoms with Gasteiger partial charge in [-0.2, -0.15) is 0 Å². The molecule has 4 nitrogen and oxygen atoms in total. The van der Waals surface area contributed by atoms with Gasteiger partial charge in [-0.15, -0.1) is 12.4 Å². The number of hydrogen-bond donors (Lipinski definition) is 1. The molecule has 0 amide bonds. The predicted molar refractivity (Wildman–Crippen MR) is 140 cm³/mol. The Bertz CT molecular complexity index is 1190. The number of hydrogen-bond acceptors (Lipinski definition) is 5. The lowest BCUT2D eigenvalue weighted by Crippen LogP contribution is -2.54. The number of rotatable bonds is 5. The maximum Gasteiger partial charge on any atom is 0.127 e. The summed E-state index contributed by atoms with van der Waals surface area (Å²) in [4.78, 5) is 9.48. The van der Waals surface area contributed by atoms with Crippen molar-refractivity contribution in [3.05, 3.63) is 85.1 Å². The molecule has 1 saturated heterocycles. The molecule has 33 heavy (non-hydrogen) atoms. The van der Waals surface area contributed by atoms with Gasteiger partial charge in [-0.05, 0) is 74.5 Å². The number of nitrogens with one attached hydrogen (secondary N) is 1. The van der Waals surface area contributed by atoms with Crippen molar-refractivity contribution in [1.29, 1.82) is 0 Å². The van der Waals surface area contributed by atoms with Gasteiger partial charge in [0.2, 0.25) is 0 Å². The highest BCUT2D eigenvalue weighted by Gasteiger charge is 2.22. The molecule has 0 saturated carbocycles. The molecule has 0 aliphatic carbocycles. The second-order valence-electron chi connectivity index (χ2n) is 8.37. The lowest BCUT2D eigenvalue weighted by Gasteiger charge is -2.38. The molecule has 3 aromatic carbocycles. The highest BCUT2D eigenvalue weighted by molar-refractivity contribution is 7.99. The van der Waals surface area contributed by atoms with Crippen molar-refractivity contribution >= 4 is 40.8 Å². The van der Waals surface area contributed by atoms with Crippen LogP contribution in [0.1, 0.15) is 13.8 Å². The minimum atomic E-state index is 0. The molecule has 2 atom stereocenters. The van der Waals surface area contributed by atoms with E-state index in [1.165, 1.54) is 20.9 Å². The molecule has 1 aliphatic heterocycles. The van der Waals surface area contributed by atoms with Crippen molar-refractivity contribution < 1.29 is 4.74 Å². The number of halogens is 1. The first-order valence-electron chi connectivity index (χ1n) is 11.0. The summed E-state index contributed by atoms with van der Waals surface area (Å²) in [5.74, 6) is 1.69. The average Bonchev–Trinajstić information content (AvgIpc) is 2.80. The lowest BCUT2D eigenvalue weighted by atomic mass is 10.1. The van der Waals surface area contributed by atoms with Crippen LogP contribution in [0.15, 0.2) is 94.9 Å². The summed E-state index contributed by atoms with van der Waals surface area (Å²) < 4.78 is 5.91. The number of piperazine rings is 1. The van der Waals surface area contributed by atoms with Gasteiger partial charge in [0.1, 0.15) is 11.5 Å². The standard InChI is InChI=1S/C27H27N3OS.ClH/c1-19-17-30(18-20(2)29-19)27-14-15-28-26-13-12-24(16-25(26)27)32-23-10-8-22(9-11-23)31-21-6-4-3-5-7-21;/h3-16,19-20,29H,17-18H2,1-2H3;1H. The quantitative estimate of drug-likeness (QED) is 0.342. The van der Waals surface area contributed by atoms with Crippen LogP contribution in [0.3, 0.4) is 0 Å². The summed E-state index contributed by atoms with van der Waals surface area (Å²) in [5.41, 5.74) is 2.31. The molecule has 1 aliphatic rings. The Morgan fingerprint density at radius 3 is 2.24 bits per heavy atom. The van der Waals surface area contributed by atoms with E-state index in [4.69, 9.17) is 4.74 Å². The van der Waals surface area contributed by atoms with Crippen molar-refractivity contribution in [3.8, 4) is 11.5 Å². The third-order valence-corrected chi connectivity index (χ3v) is 6.62. The normalized spacial score (nSPS) is 18.1. The SMILES string of the molecule is CC1CN(c2ccnc3ccc(Sc4ccc(Oc5ccccc5)cc4)cc23)CC(C)N1.Cl. The minimum Gasteiger partial charge on any atom is -0.457 e. The fraction of sp³-hybridized carbons (Fsp3) is 0.222. The number of nitrogens with zero attached hydrogens (tertiary/aromatic N) is 2. The summed E-state index contributed by atoms with van der Waals surface area (Å²) in [5, 5.41) is 4.83. The zero-order valence-corrected chi connectivity index (χ0v) is 20.4.